The van der Waals surface area contributed by atoms with E-state index in [1.54, 1.807) is 5.57 Å². The molecule has 52 valence electrons. The molecule has 0 amide bonds. The third-order valence-electron chi connectivity index (χ3n) is 2.52. The second-order valence-electron chi connectivity index (χ2n) is 3.18. The topological polar surface area (TPSA) is 0 Å². The first-order chi connectivity index (χ1) is 4.25. The van der Waals surface area contributed by atoms with E-state index in [2.05, 4.69) is 26.8 Å². The summed E-state index contributed by atoms with van der Waals surface area (Å²) in [7, 11) is 0. The maximum Gasteiger partial charge on any atom is -0.0180 e. The maximum atomic E-state index is 2.39. The Balaban J connectivity index is 2.57. The molecule has 0 bridgehead atoms. The van der Waals surface area contributed by atoms with E-state index in [1.807, 2.05) is 0 Å². The standard InChI is InChI=1S/C9H16/c1-4-9-7(2)5-6-8(9)3/h5,8-9H,4,6H2,1-3H3. The molecule has 1 aliphatic rings. The molecule has 0 saturated carbocycles. The summed E-state index contributed by atoms with van der Waals surface area (Å²) in [6, 6.07) is 0. The normalized spacial score (nSPS) is 34.8. The van der Waals surface area contributed by atoms with Crippen molar-refractivity contribution in [3.63, 3.8) is 0 Å². The van der Waals surface area contributed by atoms with E-state index in [4.69, 9.17) is 0 Å². The van der Waals surface area contributed by atoms with Crippen LogP contribution in [0.25, 0.3) is 0 Å². The highest BCUT2D eigenvalue weighted by molar-refractivity contribution is 5.11. The summed E-state index contributed by atoms with van der Waals surface area (Å²) in [6.45, 7) is 6.89. The Morgan fingerprint density at radius 2 is 2.33 bits per heavy atom. The molecule has 9 heavy (non-hydrogen) atoms. The van der Waals surface area contributed by atoms with Crippen LogP contribution in [0, 0.1) is 11.8 Å². The zero-order valence-corrected chi connectivity index (χ0v) is 6.65. The molecular formula is C9H16. The van der Waals surface area contributed by atoms with Gasteiger partial charge in [0.1, 0.15) is 0 Å². The Morgan fingerprint density at radius 1 is 1.67 bits per heavy atom. The molecule has 0 heterocycles. The Morgan fingerprint density at radius 3 is 2.56 bits per heavy atom. The summed E-state index contributed by atoms with van der Waals surface area (Å²) >= 11 is 0. The summed E-state index contributed by atoms with van der Waals surface area (Å²) in [5.41, 5.74) is 1.62. The van der Waals surface area contributed by atoms with E-state index in [0.717, 1.165) is 11.8 Å². The van der Waals surface area contributed by atoms with Crippen LogP contribution < -0.4 is 0 Å². The monoisotopic (exact) mass is 124 g/mol. The van der Waals surface area contributed by atoms with Crippen molar-refractivity contribution in [1.29, 1.82) is 0 Å². The van der Waals surface area contributed by atoms with Crippen LogP contribution in [0.3, 0.4) is 0 Å². The molecule has 0 spiro atoms. The highest BCUT2D eigenvalue weighted by Crippen LogP contribution is 2.32. The number of hydrogen-bond acceptors (Lipinski definition) is 0. The molecule has 0 aromatic carbocycles. The van der Waals surface area contributed by atoms with Gasteiger partial charge in [0.25, 0.3) is 0 Å². The molecule has 0 radical (unpaired) electrons. The van der Waals surface area contributed by atoms with Crippen molar-refractivity contribution in [2.24, 2.45) is 11.8 Å². The highest BCUT2D eigenvalue weighted by atomic mass is 14.3. The minimum atomic E-state index is 0.894. The van der Waals surface area contributed by atoms with Crippen molar-refractivity contribution in [3.8, 4) is 0 Å². The Labute approximate surface area is 58.0 Å². The van der Waals surface area contributed by atoms with E-state index >= 15 is 0 Å². The molecule has 0 aliphatic heterocycles. The van der Waals surface area contributed by atoms with Crippen molar-refractivity contribution in [1.82, 2.24) is 0 Å². The van der Waals surface area contributed by atoms with Crippen LogP contribution >= 0.6 is 0 Å². The van der Waals surface area contributed by atoms with Gasteiger partial charge in [-0.2, -0.15) is 0 Å². The van der Waals surface area contributed by atoms with E-state index in [9.17, 15) is 0 Å². The van der Waals surface area contributed by atoms with Gasteiger partial charge in [-0.05, 0) is 31.6 Å². The lowest BCUT2D eigenvalue weighted by Gasteiger charge is -2.14. The fourth-order valence-electron chi connectivity index (χ4n) is 1.86. The smallest absolute Gasteiger partial charge is 0.0180 e. The van der Waals surface area contributed by atoms with Gasteiger partial charge in [0, 0.05) is 0 Å². The van der Waals surface area contributed by atoms with Crippen molar-refractivity contribution in [2.75, 3.05) is 0 Å². The van der Waals surface area contributed by atoms with Gasteiger partial charge >= 0.3 is 0 Å². The molecule has 2 atom stereocenters. The third-order valence-corrected chi connectivity index (χ3v) is 2.52. The first-order valence-electron chi connectivity index (χ1n) is 3.92. The van der Waals surface area contributed by atoms with Crippen LogP contribution in [-0.2, 0) is 0 Å². The largest absolute Gasteiger partial charge is 0.0850 e. The molecule has 1 aliphatic carbocycles. The molecule has 1 rings (SSSR count). The first kappa shape index (κ1) is 6.85. The highest BCUT2D eigenvalue weighted by Gasteiger charge is 2.20. The van der Waals surface area contributed by atoms with E-state index in [-0.39, 0.29) is 0 Å². The summed E-state index contributed by atoms with van der Waals surface area (Å²) in [5, 5.41) is 0. The molecule has 0 saturated heterocycles. The Hall–Kier alpha value is -0.260. The fraction of sp³-hybridized carbons (Fsp3) is 0.778. The summed E-state index contributed by atoms with van der Waals surface area (Å²) in [4.78, 5) is 0. The van der Waals surface area contributed by atoms with Gasteiger partial charge in [-0.15, -0.1) is 0 Å². The van der Waals surface area contributed by atoms with Gasteiger partial charge in [0.05, 0.1) is 0 Å². The molecule has 0 fully saturated rings. The predicted molar refractivity (Wildman–Crippen MR) is 41.3 cm³/mol. The zero-order chi connectivity index (χ0) is 6.85. The maximum absolute atomic E-state index is 2.39. The fourth-order valence-corrected chi connectivity index (χ4v) is 1.86. The lowest BCUT2D eigenvalue weighted by Crippen LogP contribution is -2.04. The van der Waals surface area contributed by atoms with Gasteiger partial charge < -0.3 is 0 Å². The summed E-state index contributed by atoms with van der Waals surface area (Å²) in [6.07, 6.45) is 5.02. The van der Waals surface area contributed by atoms with Gasteiger partial charge in [0.2, 0.25) is 0 Å². The quantitative estimate of drug-likeness (QED) is 0.471. The van der Waals surface area contributed by atoms with Crippen molar-refractivity contribution in [3.05, 3.63) is 11.6 Å². The zero-order valence-electron chi connectivity index (χ0n) is 6.65. The van der Waals surface area contributed by atoms with Gasteiger partial charge in [-0.1, -0.05) is 25.5 Å². The van der Waals surface area contributed by atoms with Gasteiger partial charge in [-0.3, -0.25) is 0 Å². The van der Waals surface area contributed by atoms with Crippen LogP contribution in [0.5, 0.6) is 0 Å². The van der Waals surface area contributed by atoms with Crippen molar-refractivity contribution >= 4 is 0 Å². The Kier molecular flexibility index (Phi) is 1.94. The lowest BCUT2D eigenvalue weighted by atomic mass is 9.91. The molecule has 0 aromatic rings. The minimum absolute atomic E-state index is 0.894. The number of allylic oxidation sites excluding steroid dienone is 2. The minimum Gasteiger partial charge on any atom is -0.0850 e. The predicted octanol–water partition coefficient (Wildman–Crippen LogP) is 3.00. The molecule has 0 nitrogen and oxygen atoms in total. The van der Waals surface area contributed by atoms with Crippen LogP contribution in [0.15, 0.2) is 11.6 Å². The number of rotatable bonds is 1. The average molecular weight is 124 g/mol. The third kappa shape index (κ3) is 1.17. The molecule has 0 heteroatoms. The van der Waals surface area contributed by atoms with Crippen LogP contribution in [0.2, 0.25) is 0 Å². The molecule has 0 aromatic heterocycles. The molecule has 0 N–H and O–H groups in total. The van der Waals surface area contributed by atoms with E-state index < -0.39 is 0 Å². The summed E-state index contributed by atoms with van der Waals surface area (Å²) in [5.74, 6) is 1.81. The second kappa shape index (κ2) is 2.55. The number of hydrogen-bond donors (Lipinski definition) is 0. The van der Waals surface area contributed by atoms with E-state index in [1.165, 1.54) is 12.8 Å². The molecule has 2 unspecified atom stereocenters. The van der Waals surface area contributed by atoms with Gasteiger partial charge in [0.15, 0.2) is 0 Å². The first-order valence-corrected chi connectivity index (χ1v) is 3.92. The SMILES string of the molecule is CCC1C(C)=CCC1C. The average Bonchev–Trinajstić information content (AvgIpc) is 2.12. The lowest BCUT2D eigenvalue weighted by molar-refractivity contribution is 0.434. The van der Waals surface area contributed by atoms with Crippen LogP contribution in [0.1, 0.15) is 33.6 Å². The van der Waals surface area contributed by atoms with Crippen LogP contribution in [0.4, 0.5) is 0 Å². The molecular weight excluding hydrogens is 108 g/mol. The van der Waals surface area contributed by atoms with Crippen molar-refractivity contribution < 1.29 is 0 Å². The Bertz CT molecular complexity index is 122. The van der Waals surface area contributed by atoms with Gasteiger partial charge in [-0.25, -0.2) is 0 Å². The van der Waals surface area contributed by atoms with E-state index in [0.29, 0.717) is 0 Å². The summed E-state index contributed by atoms with van der Waals surface area (Å²) < 4.78 is 0. The second-order valence-corrected chi connectivity index (χ2v) is 3.18. The van der Waals surface area contributed by atoms with Crippen LogP contribution in [-0.4, -0.2) is 0 Å². The van der Waals surface area contributed by atoms with Crippen molar-refractivity contribution in [2.45, 2.75) is 33.6 Å².